The highest BCUT2D eigenvalue weighted by atomic mass is 35.5. The van der Waals surface area contributed by atoms with Crippen molar-refractivity contribution < 1.29 is 18.3 Å². The molecule has 0 unspecified atom stereocenters. The van der Waals surface area contributed by atoms with Crippen molar-refractivity contribution in [1.82, 2.24) is 15.2 Å². The highest BCUT2D eigenvalue weighted by Gasteiger charge is 2.16. The van der Waals surface area contributed by atoms with Crippen molar-refractivity contribution in [1.29, 1.82) is 0 Å². The van der Waals surface area contributed by atoms with Gasteiger partial charge in [-0.2, -0.15) is 0 Å². The Morgan fingerprint density at radius 1 is 1.18 bits per heavy atom. The molecule has 146 valence electrons. The summed E-state index contributed by atoms with van der Waals surface area (Å²) in [6.07, 6.45) is -0.0956. The summed E-state index contributed by atoms with van der Waals surface area (Å²) >= 11 is 6.86. The monoisotopic (exact) mass is 439 g/mol. The van der Waals surface area contributed by atoms with Crippen molar-refractivity contribution in [2.45, 2.75) is 18.2 Å². The normalized spacial score (nSPS) is 11.2. The molecule has 0 bridgehead atoms. The van der Waals surface area contributed by atoms with Gasteiger partial charge in [0.15, 0.2) is 16.1 Å². The number of nitrogens with zero attached hydrogens (tertiary/aromatic N) is 3. The molecular weight excluding hydrogens is 426 g/mol. The summed E-state index contributed by atoms with van der Waals surface area (Å²) in [7, 11) is -3.83. The summed E-state index contributed by atoms with van der Waals surface area (Å²) in [5.41, 5.74) is 1.25. The van der Waals surface area contributed by atoms with Gasteiger partial charge in [-0.1, -0.05) is 11.6 Å². The van der Waals surface area contributed by atoms with Crippen LogP contribution < -0.4 is 10.0 Å². The Bertz CT molecular complexity index is 1100. The molecule has 3 rings (SSSR count). The molecule has 0 spiro atoms. The first-order chi connectivity index (χ1) is 13.2. The highest BCUT2D eigenvalue weighted by molar-refractivity contribution is 7.92. The maximum Gasteiger partial charge on any atom is 0.308 e. The number of benzene rings is 1. The maximum absolute atomic E-state index is 12.4. The van der Waals surface area contributed by atoms with Gasteiger partial charge in [0.2, 0.25) is 0 Å². The number of nitrogens with one attached hydrogen (secondary N) is 2. The molecule has 0 saturated heterocycles. The molecule has 2 aromatic heterocycles. The molecule has 0 fully saturated rings. The first-order valence-electron chi connectivity index (χ1n) is 7.80. The fraction of sp³-hybridized carbons (Fsp3) is 0.125. The lowest BCUT2D eigenvalue weighted by Gasteiger charge is -2.08. The van der Waals surface area contributed by atoms with Gasteiger partial charge < -0.3 is 10.4 Å². The average molecular weight is 440 g/mol. The molecule has 28 heavy (non-hydrogen) atoms. The Labute approximate surface area is 169 Å². The fourth-order valence-corrected chi connectivity index (χ4v) is 4.26. The lowest BCUT2D eigenvalue weighted by molar-refractivity contribution is -0.136. The van der Waals surface area contributed by atoms with Crippen molar-refractivity contribution >= 4 is 55.6 Å². The van der Waals surface area contributed by atoms with E-state index in [1.54, 1.807) is 19.1 Å². The Kier molecular flexibility index (Phi) is 5.77. The smallest absolute Gasteiger partial charge is 0.308 e. The van der Waals surface area contributed by atoms with Crippen LogP contribution in [0.15, 0.2) is 41.3 Å². The molecule has 9 nitrogen and oxygen atoms in total. The third-order valence-corrected chi connectivity index (χ3v) is 6.14. The van der Waals surface area contributed by atoms with E-state index in [1.165, 1.54) is 35.6 Å². The van der Waals surface area contributed by atoms with E-state index in [1.807, 2.05) is 0 Å². The molecule has 2 heterocycles. The number of aliphatic carboxylic acids is 1. The van der Waals surface area contributed by atoms with Gasteiger partial charge in [0, 0.05) is 10.6 Å². The fourth-order valence-electron chi connectivity index (χ4n) is 2.19. The zero-order valence-corrected chi connectivity index (χ0v) is 16.8. The second-order valence-electron chi connectivity index (χ2n) is 5.59. The number of carboxylic acids is 1. The molecule has 0 amide bonds. The van der Waals surface area contributed by atoms with E-state index < -0.39 is 16.0 Å². The van der Waals surface area contributed by atoms with Crippen LogP contribution in [0.5, 0.6) is 0 Å². The van der Waals surface area contributed by atoms with Gasteiger partial charge in [0.25, 0.3) is 10.0 Å². The molecule has 0 aliphatic rings. The zero-order chi connectivity index (χ0) is 20.3. The number of carboxylic acid groups (broad SMARTS) is 1. The average Bonchev–Trinajstić information content (AvgIpc) is 2.95. The first kappa shape index (κ1) is 20.0. The van der Waals surface area contributed by atoms with Crippen LogP contribution in [0.2, 0.25) is 5.15 Å². The van der Waals surface area contributed by atoms with E-state index in [0.29, 0.717) is 21.4 Å². The quantitative estimate of drug-likeness (QED) is 0.511. The van der Waals surface area contributed by atoms with Crippen molar-refractivity contribution in [3.8, 4) is 0 Å². The maximum atomic E-state index is 12.4. The summed E-state index contributed by atoms with van der Waals surface area (Å²) < 4.78 is 27.1. The van der Waals surface area contributed by atoms with Crippen LogP contribution in [-0.4, -0.2) is 34.7 Å². The molecule has 0 atom stereocenters. The van der Waals surface area contributed by atoms with Crippen LogP contribution in [-0.2, 0) is 21.2 Å². The predicted octanol–water partition coefficient (Wildman–Crippen LogP) is 3.07. The van der Waals surface area contributed by atoms with E-state index in [-0.39, 0.29) is 22.3 Å². The standard InChI is InChI=1S/C16H14ClN5O4S2/c1-9-12(8-15(23)24)27-16(18-9)19-10-2-4-11(5-3-10)28(25,26)22-14-7-6-13(17)20-21-14/h2-7H,8H2,1H3,(H,18,19)(H,21,22)(H,23,24). The number of sulfonamides is 1. The number of aromatic nitrogens is 3. The summed E-state index contributed by atoms with van der Waals surface area (Å²) in [6, 6.07) is 8.83. The minimum absolute atomic E-state index is 0.0386. The number of aryl methyl sites for hydroxylation is 1. The third kappa shape index (κ3) is 4.94. The van der Waals surface area contributed by atoms with Crippen LogP contribution in [0, 0.1) is 6.92 Å². The third-order valence-electron chi connectivity index (χ3n) is 3.49. The van der Waals surface area contributed by atoms with E-state index in [9.17, 15) is 13.2 Å². The second kappa shape index (κ2) is 8.09. The summed E-state index contributed by atoms with van der Waals surface area (Å²) in [6.45, 7) is 1.74. The predicted molar refractivity (Wildman–Crippen MR) is 106 cm³/mol. The number of rotatable bonds is 7. The van der Waals surface area contributed by atoms with Gasteiger partial charge in [-0.25, -0.2) is 13.4 Å². The number of thiazole rings is 1. The number of anilines is 3. The van der Waals surface area contributed by atoms with Crippen molar-refractivity contribution in [2.24, 2.45) is 0 Å². The van der Waals surface area contributed by atoms with Crippen LogP contribution in [0.25, 0.3) is 0 Å². The molecule has 1 aromatic carbocycles. The zero-order valence-electron chi connectivity index (χ0n) is 14.4. The highest BCUT2D eigenvalue weighted by Crippen LogP contribution is 2.27. The van der Waals surface area contributed by atoms with E-state index in [4.69, 9.17) is 16.7 Å². The van der Waals surface area contributed by atoms with Crippen LogP contribution in [0.4, 0.5) is 16.6 Å². The van der Waals surface area contributed by atoms with Crippen molar-refractivity contribution in [2.75, 3.05) is 10.0 Å². The van der Waals surface area contributed by atoms with Gasteiger partial charge in [0.1, 0.15) is 0 Å². The minimum atomic E-state index is -3.83. The number of carbonyl (C=O) groups is 1. The summed E-state index contributed by atoms with van der Waals surface area (Å²) in [4.78, 5) is 15.8. The largest absolute Gasteiger partial charge is 0.481 e. The Morgan fingerprint density at radius 3 is 2.50 bits per heavy atom. The van der Waals surface area contributed by atoms with Gasteiger partial charge >= 0.3 is 5.97 Å². The van der Waals surface area contributed by atoms with Gasteiger partial charge in [0.05, 0.1) is 17.0 Å². The van der Waals surface area contributed by atoms with Gasteiger partial charge in [-0.3, -0.25) is 9.52 Å². The van der Waals surface area contributed by atoms with E-state index in [0.717, 1.165) is 0 Å². The van der Waals surface area contributed by atoms with Crippen molar-refractivity contribution in [3.63, 3.8) is 0 Å². The molecule has 0 saturated carbocycles. The molecule has 3 aromatic rings. The molecule has 12 heteroatoms. The minimum Gasteiger partial charge on any atom is -0.481 e. The Balaban J connectivity index is 1.72. The first-order valence-corrected chi connectivity index (χ1v) is 10.5. The lowest BCUT2D eigenvalue weighted by atomic mass is 10.3. The van der Waals surface area contributed by atoms with Crippen LogP contribution in [0.3, 0.4) is 0 Å². The van der Waals surface area contributed by atoms with E-state index >= 15 is 0 Å². The summed E-state index contributed by atoms with van der Waals surface area (Å²) in [5.74, 6) is -0.874. The molecule has 0 aliphatic carbocycles. The van der Waals surface area contributed by atoms with Crippen LogP contribution >= 0.6 is 22.9 Å². The molecule has 3 N–H and O–H groups in total. The molecule has 0 radical (unpaired) electrons. The number of halogens is 1. The second-order valence-corrected chi connectivity index (χ2v) is 8.75. The summed E-state index contributed by atoms with van der Waals surface area (Å²) in [5, 5.41) is 19.9. The topological polar surface area (TPSA) is 134 Å². The number of hydrogen-bond donors (Lipinski definition) is 3. The number of hydrogen-bond acceptors (Lipinski definition) is 8. The molecule has 0 aliphatic heterocycles. The Hall–Kier alpha value is -2.76. The molecular formula is C16H14ClN5O4S2. The van der Waals surface area contributed by atoms with Gasteiger partial charge in [-0.05, 0) is 43.3 Å². The van der Waals surface area contributed by atoms with E-state index in [2.05, 4.69) is 25.2 Å². The van der Waals surface area contributed by atoms with Gasteiger partial charge in [-0.15, -0.1) is 21.5 Å². The lowest BCUT2D eigenvalue weighted by Crippen LogP contribution is -2.14. The Morgan fingerprint density at radius 2 is 1.89 bits per heavy atom. The van der Waals surface area contributed by atoms with Crippen molar-refractivity contribution in [3.05, 3.63) is 52.1 Å². The van der Waals surface area contributed by atoms with Crippen LogP contribution in [0.1, 0.15) is 10.6 Å². The SMILES string of the molecule is Cc1nc(Nc2ccc(S(=O)(=O)Nc3ccc(Cl)nn3)cc2)sc1CC(=O)O.